The number of H-pyrrole nitrogens is 1. The first-order valence-corrected chi connectivity index (χ1v) is 20.1. The minimum Gasteiger partial charge on any atom is -0.382 e. The molecule has 292 valence electrons. The molecule has 0 radical (unpaired) electrons. The molecule has 0 saturated carbocycles. The fourth-order valence-electron chi connectivity index (χ4n) is 6.76. The van der Waals surface area contributed by atoms with Gasteiger partial charge in [0, 0.05) is 53.4 Å². The van der Waals surface area contributed by atoms with Crippen LogP contribution in [0.4, 0.5) is 10.2 Å². The van der Waals surface area contributed by atoms with E-state index in [2.05, 4.69) is 60.3 Å². The van der Waals surface area contributed by atoms with Crippen LogP contribution in [0.3, 0.4) is 0 Å². The van der Waals surface area contributed by atoms with Crippen molar-refractivity contribution in [3.8, 4) is 45.2 Å². The van der Waals surface area contributed by atoms with Gasteiger partial charge in [0.1, 0.15) is 11.5 Å². The number of aromatic amines is 1. The molecule has 1 amide bonds. The summed E-state index contributed by atoms with van der Waals surface area (Å²) in [6, 6.07) is 27.4. The van der Waals surface area contributed by atoms with E-state index < -0.39 is 20.9 Å². The van der Waals surface area contributed by atoms with Crippen molar-refractivity contribution in [2.24, 2.45) is 0 Å². The lowest BCUT2D eigenvalue weighted by Crippen LogP contribution is -2.23. The van der Waals surface area contributed by atoms with Crippen LogP contribution in [0.5, 0.6) is 0 Å². The van der Waals surface area contributed by atoms with Gasteiger partial charge in [0.2, 0.25) is 0 Å². The Bertz CT molecular complexity index is 2660. The maximum absolute atomic E-state index is 13.9. The van der Waals surface area contributed by atoms with Crippen molar-refractivity contribution in [3.05, 3.63) is 125 Å². The number of carbonyl (C=O) groups is 1. The van der Waals surface area contributed by atoms with E-state index in [4.69, 9.17) is 10.3 Å². The van der Waals surface area contributed by atoms with Crippen LogP contribution in [-0.4, -0.2) is 60.3 Å². The number of nitrogens with zero attached hydrogens (tertiary/aromatic N) is 3. The minimum absolute atomic E-state index is 0.213. The van der Waals surface area contributed by atoms with Crippen molar-refractivity contribution in [3.63, 3.8) is 0 Å². The summed E-state index contributed by atoms with van der Waals surface area (Å²) in [7, 11) is 0.472. The Hall–Kier alpha value is -6.22. The summed E-state index contributed by atoms with van der Waals surface area (Å²) in [6.07, 6.45) is 2.26. The predicted molar refractivity (Wildman–Crippen MR) is 220 cm³/mol. The molecule has 8 rings (SSSR count). The van der Waals surface area contributed by atoms with Gasteiger partial charge < -0.3 is 31.2 Å². The number of hydrogen-bond acceptors (Lipinski definition) is 10. The van der Waals surface area contributed by atoms with Gasteiger partial charge in [-0.2, -0.15) is 0 Å². The lowest BCUT2D eigenvalue weighted by Gasteiger charge is -2.09. The number of nitrogen functional groups attached to an aromatic ring is 1. The summed E-state index contributed by atoms with van der Waals surface area (Å²) in [4.78, 5) is 24.6. The first kappa shape index (κ1) is 39.0. The maximum Gasteiger partial charge on any atom is 0.252 e. The molecule has 7 aromatic rings. The second-order valence-electron chi connectivity index (χ2n) is 14.0. The Kier molecular flexibility index (Phi) is 11.3. The van der Waals surface area contributed by atoms with Gasteiger partial charge in [-0.15, -0.1) is 0 Å². The number of benzene rings is 4. The van der Waals surface area contributed by atoms with Gasteiger partial charge in [0.25, 0.3) is 5.91 Å². The van der Waals surface area contributed by atoms with Crippen molar-refractivity contribution >= 4 is 32.5 Å². The van der Waals surface area contributed by atoms with Gasteiger partial charge in [-0.3, -0.25) is 4.79 Å². The highest BCUT2D eigenvalue weighted by Crippen LogP contribution is 2.35. The Morgan fingerprint density at radius 1 is 0.860 bits per heavy atom. The Morgan fingerprint density at radius 3 is 2.11 bits per heavy atom. The van der Waals surface area contributed by atoms with E-state index in [0.29, 0.717) is 46.0 Å². The lowest BCUT2D eigenvalue weighted by molar-refractivity contribution is 0.0956. The van der Waals surface area contributed by atoms with Gasteiger partial charge in [-0.1, -0.05) is 65.8 Å². The molecule has 0 unspecified atom stereocenters. The second-order valence-corrected chi connectivity index (χ2v) is 16.5. The number of aromatic nitrogens is 4. The van der Waals surface area contributed by atoms with Crippen molar-refractivity contribution < 1.29 is 22.1 Å². The number of amides is 1. The molecule has 12 nitrogen and oxygen atoms in total. The summed E-state index contributed by atoms with van der Waals surface area (Å²) in [6.45, 7) is 5.46. The largest absolute Gasteiger partial charge is 0.382 e. The standard InChI is InChI=1S/C24H25N5O3S.C19H18FN3O/c1-15(2)33(30,31)19-10-8-18(9-11-19)21-14-27-24(25)23(28-21)22-12-20(29-32-22)17-6-4-16(5-7-17)13-26-3;1-21-10-11-2-4-12(5-3-11)18-14-6-7-22-19(24)15-8-13(20)9-16(23-18)17(14)15/h4-12,14-15,26H,13H2,1-3H3,(H2,25,27);2-5,8-9,21,23H,6-7,10H2,1H3,(H,22,24). The Balaban J connectivity index is 0.000000183. The number of sulfone groups is 1. The van der Waals surface area contributed by atoms with Crippen molar-refractivity contribution in [2.45, 2.75) is 43.5 Å². The van der Waals surface area contributed by atoms with Crippen LogP contribution in [0.25, 0.3) is 56.1 Å². The minimum atomic E-state index is -3.35. The first-order valence-electron chi connectivity index (χ1n) is 18.5. The third kappa shape index (κ3) is 8.19. The quantitative estimate of drug-likeness (QED) is 0.0976. The number of anilines is 1. The van der Waals surface area contributed by atoms with Crippen LogP contribution in [0, 0.1) is 5.82 Å². The van der Waals surface area contributed by atoms with Crippen LogP contribution in [0.1, 0.15) is 40.9 Å². The fourth-order valence-corrected chi connectivity index (χ4v) is 7.82. The van der Waals surface area contributed by atoms with Gasteiger partial charge in [-0.05, 0) is 80.9 Å². The van der Waals surface area contributed by atoms with Crippen LogP contribution in [-0.2, 0) is 29.3 Å². The summed E-state index contributed by atoms with van der Waals surface area (Å²) < 4.78 is 44.1. The van der Waals surface area contributed by atoms with Gasteiger partial charge in [-0.25, -0.2) is 22.8 Å². The topological polar surface area (TPSA) is 181 Å². The van der Waals surface area contributed by atoms with Crippen LogP contribution in [0.15, 0.2) is 107 Å². The molecule has 0 atom stereocenters. The number of carbonyl (C=O) groups excluding carboxylic acids is 1. The summed E-state index contributed by atoms with van der Waals surface area (Å²) >= 11 is 0. The zero-order chi connectivity index (χ0) is 40.3. The van der Waals surface area contributed by atoms with Crippen LogP contribution in [0.2, 0.25) is 0 Å². The number of halogens is 1. The van der Waals surface area contributed by atoms with Crippen LogP contribution >= 0.6 is 0 Å². The SMILES string of the molecule is CNCc1ccc(-c2[nH]c3cc(F)cc4c3c2CCNC4=O)cc1.CNCc1ccc(-c2cc(-c3nc(-c4ccc(S(=O)(=O)C(C)C)cc4)cnc3N)on2)cc1. The molecule has 4 aromatic carbocycles. The molecule has 4 heterocycles. The highest BCUT2D eigenvalue weighted by molar-refractivity contribution is 7.92. The highest BCUT2D eigenvalue weighted by Gasteiger charge is 2.24. The monoisotopic (exact) mass is 786 g/mol. The number of rotatable bonds is 10. The van der Waals surface area contributed by atoms with Crippen molar-refractivity contribution in [1.82, 2.24) is 36.1 Å². The second kappa shape index (κ2) is 16.5. The molecule has 3 aromatic heterocycles. The van der Waals surface area contributed by atoms with E-state index >= 15 is 0 Å². The third-order valence-electron chi connectivity index (χ3n) is 9.77. The molecule has 0 saturated heterocycles. The molecule has 1 aliphatic rings. The molecule has 0 aliphatic carbocycles. The van der Waals surface area contributed by atoms with Crippen molar-refractivity contribution in [1.29, 1.82) is 0 Å². The number of hydrogen-bond donors (Lipinski definition) is 5. The molecule has 1 aliphatic heterocycles. The summed E-state index contributed by atoms with van der Waals surface area (Å²) in [5.41, 5.74) is 15.8. The summed E-state index contributed by atoms with van der Waals surface area (Å²) in [5, 5.41) is 13.6. The van der Waals surface area contributed by atoms with Crippen molar-refractivity contribution in [2.75, 3.05) is 26.4 Å². The molecular weight excluding hydrogens is 744 g/mol. The first-order chi connectivity index (χ1) is 27.5. The van der Waals surface area contributed by atoms with E-state index in [9.17, 15) is 17.6 Å². The van der Waals surface area contributed by atoms with E-state index in [1.807, 2.05) is 38.4 Å². The molecule has 6 N–H and O–H groups in total. The number of nitrogens with two attached hydrogens (primary N) is 1. The Labute approximate surface area is 330 Å². The van der Waals surface area contributed by atoms with E-state index in [-0.39, 0.29) is 16.6 Å². The van der Waals surface area contributed by atoms with E-state index in [0.717, 1.165) is 47.3 Å². The molecule has 0 spiro atoms. The molecular formula is C43H43FN8O4S. The molecule has 0 bridgehead atoms. The summed E-state index contributed by atoms with van der Waals surface area (Å²) in [5.74, 6) is -0.00795. The van der Waals surface area contributed by atoms with E-state index in [1.54, 1.807) is 50.4 Å². The molecule has 14 heteroatoms. The predicted octanol–water partition coefficient (Wildman–Crippen LogP) is 6.93. The van der Waals surface area contributed by atoms with Gasteiger partial charge in [0.05, 0.1) is 27.6 Å². The number of nitrogens with one attached hydrogen (secondary N) is 4. The zero-order valence-corrected chi connectivity index (χ0v) is 32.8. The normalized spacial score (nSPS) is 12.6. The highest BCUT2D eigenvalue weighted by atomic mass is 32.2. The third-order valence-corrected chi connectivity index (χ3v) is 11.9. The molecule has 0 fully saturated rings. The maximum atomic E-state index is 13.9. The van der Waals surface area contributed by atoms with Gasteiger partial charge >= 0.3 is 0 Å². The molecule has 57 heavy (non-hydrogen) atoms. The lowest BCUT2D eigenvalue weighted by atomic mass is 9.99. The average Bonchev–Trinajstić information content (AvgIpc) is 3.80. The zero-order valence-electron chi connectivity index (χ0n) is 32.0. The van der Waals surface area contributed by atoms with Crippen LogP contribution < -0.4 is 21.7 Å². The average molecular weight is 787 g/mol. The Morgan fingerprint density at radius 2 is 1.47 bits per heavy atom. The fraction of sp³-hybridized carbons (Fsp3) is 0.209. The van der Waals surface area contributed by atoms with E-state index in [1.165, 1.54) is 23.3 Å². The van der Waals surface area contributed by atoms with Gasteiger partial charge in [0.15, 0.2) is 27.1 Å². The smallest absolute Gasteiger partial charge is 0.252 e.